The molecule has 4 nitrogen and oxygen atoms in total. The van der Waals surface area contributed by atoms with E-state index >= 15 is 0 Å². The van der Waals surface area contributed by atoms with E-state index in [-0.39, 0.29) is 17.9 Å². The highest BCUT2D eigenvalue weighted by molar-refractivity contribution is 5.94. The second kappa shape index (κ2) is 6.25. The van der Waals surface area contributed by atoms with Crippen LogP contribution in [0.1, 0.15) is 30.6 Å². The first-order valence-corrected chi connectivity index (χ1v) is 5.81. The number of carbonyl (C=O) groups excluding carboxylic acids is 1. The maximum Gasteiger partial charge on any atom is 0.251 e. The van der Waals surface area contributed by atoms with Gasteiger partial charge in [0.05, 0.1) is 6.10 Å². The summed E-state index contributed by atoms with van der Waals surface area (Å²) in [4.78, 5) is 11.8. The summed E-state index contributed by atoms with van der Waals surface area (Å²) in [5.41, 5.74) is 6.75. The molecule has 1 amide bonds. The SMILES string of the molecule is CC(O)CC(C)CNC(=O)c1cccc(N)c1. The molecule has 0 aromatic heterocycles. The molecule has 1 rings (SSSR count). The number of benzene rings is 1. The lowest BCUT2D eigenvalue weighted by molar-refractivity contribution is 0.0939. The fourth-order valence-corrected chi connectivity index (χ4v) is 1.71. The Kier molecular flexibility index (Phi) is 4.97. The minimum atomic E-state index is -0.339. The number of hydrogen-bond acceptors (Lipinski definition) is 3. The molecule has 0 aliphatic heterocycles. The van der Waals surface area contributed by atoms with Crippen molar-refractivity contribution in [3.05, 3.63) is 29.8 Å². The summed E-state index contributed by atoms with van der Waals surface area (Å²) < 4.78 is 0. The Bertz CT molecular complexity index is 377. The van der Waals surface area contributed by atoms with Gasteiger partial charge in [0.15, 0.2) is 0 Å². The Morgan fingerprint density at radius 1 is 1.47 bits per heavy atom. The maximum absolute atomic E-state index is 11.8. The van der Waals surface area contributed by atoms with E-state index in [2.05, 4.69) is 5.32 Å². The molecule has 0 saturated carbocycles. The fourth-order valence-electron chi connectivity index (χ4n) is 1.71. The molecule has 4 heteroatoms. The predicted octanol–water partition coefficient (Wildman–Crippen LogP) is 1.41. The Hall–Kier alpha value is -1.55. The summed E-state index contributed by atoms with van der Waals surface area (Å²) in [5, 5.41) is 12.0. The number of nitrogens with two attached hydrogens (primary N) is 1. The van der Waals surface area contributed by atoms with E-state index < -0.39 is 0 Å². The van der Waals surface area contributed by atoms with Gasteiger partial charge in [0.2, 0.25) is 0 Å². The standard InChI is InChI=1S/C13H20N2O2/c1-9(6-10(2)16)8-15-13(17)11-4-3-5-12(14)7-11/h3-5,7,9-10,16H,6,8,14H2,1-2H3,(H,15,17). The van der Waals surface area contributed by atoms with E-state index in [1.54, 1.807) is 31.2 Å². The second-order valence-electron chi connectivity index (χ2n) is 4.53. The Balaban J connectivity index is 2.45. The van der Waals surface area contributed by atoms with E-state index in [4.69, 9.17) is 5.73 Å². The highest BCUT2D eigenvalue weighted by atomic mass is 16.3. The van der Waals surface area contributed by atoms with E-state index in [0.29, 0.717) is 24.2 Å². The molecule has 0 radical (unpaired) electrons. The van der Waals surface area contributed by atoms with Gasteiger partial charge in [0.25, 0.3) is 5.91 Å². The summed E-state index contributed by atoms with van der Waals surface area (Å²) in [6.07, 6.45) is 0.339. The summed E-state index contributed by atoms with van der Waals surface area (Å²) >= 11 is 0. The lowest BCUT2D eigenvalue weighted by atomic mass is 10.0. The van der Waals surface area contributed by atoms with Crippen molar-refractivity contribution < 1.29 is 9.90 Å². The minimum Gasteiger partial charge on any atom is -0.399 e. The lowest BCUT2D eigenvalue weighted by Gasteiger charge is -2.14. The van der Waals surface area contributed by atoms with Crippen LogP contribution in [0.5, 0.6) is 0 Å². The number of hydrogen-bond donors (Lipinski definition) is 3. The third-order valence-corrected chi connectivity index (χ3v) is 2.50. The molecule has 0 aliphatic rings. The van der Waals surface area contributed by atoms with Gasteiger partial charge in [-0.2, -0.15) is 0 Å². The lowest BCUT2D eigenvalue weighted by Crippen LogP contribution is -2.29. The van der Waals surface area contributed by atoms with Crippen molar-refractivity contribution in [1.29, 1.82) is 0 Å². The zero-order valence-corrected chi connectivity index (χ0v) is 10.3. The first kappa shape index (κ1) is 13.5. The Morgan fingerprint density at radius 3 is 2.76 bits per heavy atom. The molecule has 2 unspecified atom stereocenters. The molecule has 0 fully saturated rings. The van der Waals surface area contributed by atoms with Crippen molar-refractivity contribution in [2.24, 2.45) is 5.92 Å². The van der Waals surface area contributed by atoms with Crippen LogP contribution >= 0.6 is 0 Å². The molecule has 94 valence electrons. The van der Waals surface area contributed by atoms with Gasteiger partial charge in [-0.25, -0.2) is 0 Å². The van der Waals surface area contributed by atoms with Crippen LogP contribution in [0.3, 0.4) is 0 Å². The van der Waals surface area contributed by atoms with E-state index in [0.717, 1.165) is 0 Å². The number of rotatable bonds is 5. The van der Waals surface area contributed by atoms with Crippen molar-refractivity contribution in [1.82, 2.24) is 5.32 Å². The molecule has 0 saturated heterocycles. The molecule has 17 heavy (non-hydrogen) atoms. The minimum absolute atomic E-state index is 0.130. The highest BCUT2D eigenvalue weighted by Gasteiger charge is 2.09. The molecule has 0 bridgehead atoms. The quantitative estimate of drug-likeness (QED) is 0.676. The fraction of sp³-hybridized carbons (Fsp3) is 0.462. The number of aliphatic hydroxyl groups is 1. The molecular weight excluding hydrogens is 216 g/mol. The third-order valence-electron chi connectivity index (χ3n) is 2.50. The first-order valence-electron chi connectivity index (χ1n) is 5.81. The average Bonchev–Trinajstić information content (AvgIpc) is 2.25. The topological polar surface area (TPSA) is 75.3 Å². The van der Waals surface area contributed by atoms with Crippen LogP contribution in [0.15, 0.2) is 24.3 Å². The van der Waals surface area contributed by atoms with Crippen molar-refractivity contribution in [2.45, 2.75) is 26.4 Å². The predicted molar refractivity (Wildman–Crippen MR) is 68.6 cm³/mol. The van der Waals surface area contributed by atoms with Crippen LogP contribution in [0.2, 0.25) is 0 Å². The highest BCUT2D eigenvalue weighted by Crippen LogP contribution is 2.08. The average molecular weight is 236 g/mol. The van der Waals surface area contributed by atoms with Crippen molar-refractivity contribution in [3.8, 4) is 0 Å². The van der Waals surface area contributed by atoms with Gasteiger partial charge in [0.1, 0.15) is 0 Å². The van der Waals surface area contributed by atoms with Crippen LogP contribution in [-0.2, 0) is 0 Å². The summed E-state index contributed by atoms with van der Waals surface area (Å²) in [6.45, 7) is 4.29. The summed E-state index contributed by atoms with van der Waals surface area (Å²) in [5.74, 6) is 0.120. The van der Waals surface area contributed by atoms with Gasteiger partial charge in [-0.1, -0.05) is 13.0 Å². The number of nitrogens with one attached hydrogen (secondary N) is 1. The van der Waals surface area contributed by atoms with E-state index in [1.807, 2.05) is 6.92 Å². The molecule has 0 aliphatic carbocycles. The van der Waals surface area contributed by atoms with Crippen LogP contribution < -0.4 is 11.1 Å². The van der Waals surface area contributed by atoms with Gasteiger partial charge < -0.3 is 16.2 Å². The third kappa shape index (κ3) is 4.87. The van der Waals surface area contributed by atoms with Crippen molar-refractivity contribution >= 4 is 11.6 Å². The molecule has 1 aromatic carbocycles. The van der Waals surface area contributed by atoms with Crippen LogP contribution in [0.25, 0.3) is 0 Å². The molecule has 2 atom stereocenters. The smallest absolute Gasteiger partial charge is 0.251 e. The number of amides is 1. The molecule has 0 heterocycles. The van der Waals surface area contributed by atoms with E-state index in [1.165, 1.54) is 0 Å². The monoisotopic (exact) mass is 236 g/mol. The van der Waals surface area contributed by atoms with Gasteiger partial charge in [-0.3, -0.25) is 4.79 Å². The number of nitrogen functional groups attached to an aromatic ring is 1. The van der Waals surface area contributed by atoms with Crippen LogP contribution in [-0.4, -0.2) is 23.7 Å². The van der Waals surface area contributed by atoms with E-state index in [9.17, 15) is 9.90 Å². The van der Waals surface area contributed by atoms with Crippen molar-refractivity contribution in [3.63, 3.8) is 0 Å². The number of carbonyl (C=O) groups is 1. The van der Waals surface area contributed by atoms with Gasteiger partial charge in [-0.05, 0) is 37.5 Å². The zero-order valence-electron chi connectivity index (χ0n) is 10.3. The van der Waals surface area contributed by atoms with Gasteiger partial charge >= 0.3 is 0 Å². The molecular formula is C13H20N2O2. The normalized spacial score (nSPS) is 14.1. The molecule has 0 spiro atoms. The number of aliphatic hydroxyl groups excluding tert-OH is 1. The Morgan fingerprint density at radius 2 is 2.18 bits per heavy atom. The van der Waals surface area contributed by atoms with Gasteiger partial charge in [0, 0.05) is 17.8 Å². The first-order chi connectivity index (χ1) is 7.99. The largest absolute Gasteiger partial charge is 0.399 e. The van der Waals surface area contributed by atoms with Crippen LogP contribution in [0.4, 0.5) is 5.69 Å². The van der Waals surface area contributed by atoms with Gasteiger partial charge in [-0.15, -0.1) is 0 Å². The molecule has 1 aromatic rings. The summed E-state index contributed by atoms with van der Waals surface area (Å²) in [6, 6.07) is 6.87. The Labute approximate surface area is 102 Å². The van der Waals surface area contributed by atoms with Crippen molar-refractivity contribution in [2.75, 3.05) is 12.3 Å². The zero-order chi connectivity index (χ0) is 12.8. The summed E-state index contributed by atoms with van der Waals surface area (Å²) in [7, 11) is 0. The maximum atomic E-state index is 11.8. The van der Waals surface area contributed by atoms with Crippen LogP contribution in [0, 0.1) is 5.92 Å². The molecule has 4 N–H and O–H groups in total. The number of anilines is 1. The second-order valence-corrected chi connectivity index (χ2v) is 4.53.